The van der Waals surface area contributed by atoms with Crippen molar-refractivity contribution in [1.82, 2.24) is 14.7 Å². The van der Waals surface area contributed by atoms with Crippen LogP contribution in [-0.2, 0) is 10.8 Å². The summed E-state index contributed by atoms with van der Waals surface area (Å²) in [5.41, 5.74) is 11.5. The number of nitrogens with zero attached hydrogens (tertiary/aromatic N) is 3. The molecular weight excluding hydrogens is 601 g/mol. The zero-order valence-electron chi connectivity index (χ0n) is 28.5. The zero-order chi connectivity index (χ0) is 32.8. The molecule has 5 nitrogen and oxygen atoms in total. The molecule has 2 aliphatic carbocycles. The second-order valence-corrected chi connectivity index (χ2v) is 15.9. The summed E-state index contributed by atoms with van der Waals surface area (Å²) in [6.45, 7) is 10.5. The molecule has 0 bridgehead atoms. The predicted molar refractivity (Wildman–Crippen MR) is 199 cm³/mol. The first-order valence-corrected chi connectivity index (χ1v) is 18.0. The Balaban J connectivity index is 1.11. The van der Waals surface area contributed by atoms with E-state index in [4.69, 9.17) is 9.72 Å². The molecule has 2 aromatic heterocycles. The molecule has 0 spiro atoms. The number of pyridine rings is 1. The van der Waals surface area contributed by atoms with Gasteiger partial charge in [0.05, 0.1) is 17.7 Å². The van der Waals surface area contributed by atoms with Crippen LogP contribution >= 0.6 is 0 Å². The van der Waals surface area contributed by atoms with E-state index in [1.54, 1.807) is 0 Å². The number of nitrogens with one attached hydrogen (secondary N) is 1. The standard InChI is InChI=1S/C44H40N4O/c1-43(2)34-16-9-14-29-28-19-18-25(23-33(28)42-46-24-37(44(43,3)4)48(42)39(29)34)49-36-21-20-30-26-11-5-6-12-27(26)31-15-10-22-45-41(31)47-35-17-8-7-13-32(35)38(36)40(30)47/h5-9,11-14,16-21,23-24,27,31,40-41,45H,10,15,22H2,1-4H3. The maximum absolute atomic E-state index is 7.05. The molecule has 1 fully saturated rings. The molecule has 3 aromatic carbocycles. The smallest absolute Gasteiger partial charge is 0.145 e. The normalized spacial score (nSPS) is 26.7. The summed E-state index contributed by atoms with van der Waals surface area (Å²) in [5, 5.41) is 7.58. The van der Waals surface area contributed by atoms with E-state index in [1.165, 1.54) is 68.4 Å². The van der Waals surface area contributed by atoms with Crippen molar-refractivity contribution in [3.8, 4) is 5.75 Å². The Bertz CT molecular complexity index is 2470. The van der Waals surface area contributed by atoms with Crippen molar-refractivity contribution in [3.05, 3.63) is 137 Å². The van der Waals surface area contributed by atoms with E-state index in [1.807, 2.05) is 0 Å². The zero-order valence-corrected chi connectivity index (χ0v) is 28.5. The molecule has 11 rings (SSSR count). The fourth-order valence-electron chi connectivity index (χ4n) is 10.2. The van der Waals surface area contributed by atoms with Crippen molar-refractivity contribution in [2.45, 2.75) is 63.6 Å². The van der Waals surface area contributed by atoms with Gasteiger partial charge >= 0.3 is 0 Å². The average Bonchev–Trinajstić information content (AvgIpc) is 3.70. The summed E-state index contributed by atoms with van der Waals surface area (Å²) in [5.74, 6) is 2.68. The maximum atomic E-state index is 7.05. The van der Waals surface area contributed by atoms with Crippen LogP contribution in [0.25, 0.3) is 32.9 Å². The van der Waals surface area contributed by atoms with Crippen LogP contribution < -0.4 is 15.0 Å². The third-order valence-electron chi connectivity index (χ3n) is 13.3. The summed E-state index contributed by atoms with van der Waals surface area (Å²) in [4.78, 5) is 7.79. The first-order valence-electron chi connectivity index (χ1n) is 18.0. The van der Waals surface area contributed by atoms with Gasteiger partial charge in [-0.3, -0.25) is 9.72 Å². The van der Waals surface area contributed by atoms with Crippen LogP contribution in [0, 0.1) is 11.8 Å². The van der Waals surface area contributed by atoms with Gasteiger partial charge in [0.25, 0.3) is 0 Å². The highest BCUT2D eigenvalue weighted by Gasteiger charge is 2.50. The number of anilines is 1. The fourth-order valence-corrected chi connectivity index (χ4v) is 10.2. The number of fused-ring (bicyclic) bond motifs is 10. The van der Waals surface area contributed by atoms with Crippen LogP contribution in [0.4, 0.5) is 5.69 Å². The Labute approximate surface area is 287 Å². The SMILES string of the molecule is CC1(C)c2cccc3c4ccc(OC5=C6c7ccccc7N7C6C(=C6C=CC=CC6C6CCCNC67)C=C5)cc4c4ncc(n4c23)C1(C)C. The van der Waals surface area contributed by atoms with E-state index in [0.717, 1.165) is 29.1 Å². The second-order valence-electron chi connectivity index (χ2n) is 15.9. The first kappa shape index (κ1) is 28.0. The van der Waals surface area contributed by atoms with Gasteiger partial charge in [-0.2, -0.15) is 0 Å². The number of ether oxygens (including phenoxy) is 1. The van der Waals surface area contributed by atoms with Gasteiger partial charge in [-0.15, -0.1) is 0 Å². The summed E-state index contributed by atoms with van der Waals surface area (Å²) in [6.07, 6.45) is 18.6. The van der Waals surface area contributed by atoms with E-state index < -0.39 is 0 Å². The Morgan fingerprint density at radius 2 is 1.76 bits per heavy atom. The van der Waals surface area contributed by atoms with Gasteiger partial charge in [0.2, 0.25) is 0 Å². The van der Waals surface area contributed by atoms with E-state index >= 15 is 0 Å². The van der Waals surface area contributed by atoms with Crippen molar-refractivity contribution in [2.24, 2.45) is 11.8 Å². The third-order valence-corrected chi connectivity index (χ3v) is 13.3. The number of aromatic nitrogens is 2. The molecule has 6 aliphatic rings. The number of rotatable bonds is 2. The van der Waals surface area contributed by atoms with Crippen LogP contribution in [-0.4, -0.2) is 28.1 Å². The molecule has 1 saturated heterocycles. The molecule has 0 radical (unpaired) electrons. The van der Waals surface area contributed by atoms with E-state index in [0.29, 0.717) is 11.8 Å². The number of imidazole rings is 1. The van der Waals surface area contributed by atoms with Crippen LogP contribution in [0.1, 0.15) is 57.4 Å². The Morgan fingerprint density at radius 3 is 2.67 bits per heavy atom. The lowest BCUT2D eigenvalue weighted by Crippen LogP contribution is -2.56. The van der Waals surface area contributed by atoms with Crippen molar-refractivity contribution >= 4 is 38.6 Å². The van der Waals surface area contributed by atoms with Gasteiger partial charge < -0.3 is 9.64 Å². The van der Waals surface area contributed by atoms with Crippen molar-refractivity contribution in [1.29, 1.82) is 0 Å². The molecule has 6 heterocycles. The molecule has 242 valence electrons. The number of para-hydroxylation sites is 2. The lowest BCUT2D eigenvalue weighted by atomic mass is 9.61. The van der Waals surface area contributed by atoms with Gasteiger partial charge in [0, 0.05) is 62.2 Å². The monoisotopic (exact) mass is 640 g/mol. The molecular formula is C44H40N4O. The lowest BCUT2D eigenvalue weighted by molar-refractivity contribution is 0.241. The summed E-state index contributed by atoms with van der Waals surface area (Å²) in [6, 6.07) is 22.5. The quantitative estimate of drug-likeness (QED) is 0.196. The van der Waals surface area contributed by atoms with Gasteiger partial charge in [0.15, 0.2) is 0 Å². The molecule has 0 saturated carbocycles. The first-order chi connectivity index (χ1) is 23.8. The van der Waals surface area contributed by atoms with E-state index in [-0.39, 0.29) is 23.0 Å². The van der Waals surface area contributed by atoms with Gasteiger partial charge in [0.1, 0.15) is 17.2 Å². The number of hydrogen-bond donors (Lipinski definition) is 1. The summed E-state index contributed by atoms with van der Waals surface area (Å²) < 4.78 is 9.47. The Morgan fingerprint density at radius 1 is 0.857 bits per heavy atom. The highest BCUT2D eigenvalue weighted by molar-refractivity contribution is 6.13. The molecule has 1 N–H and O–H groups in total. The molecule has 4 unspecified atom stereocenters. The minimum absolute atomic E-state index is 0.0398. The summed E-state index contributed by atoms with van der Waals surface area (Å²) >= 11 is 0. The molecule has 5 heteroatoms. The summed E-state index contributed by atoms with van der Waals surface area (Å²) in [7, 11) is 0. The van der Waals surface area contributed by atoms with Crippen LogP contribution in [0.15, 0.2) is 120 Å². The number of allylic oxidation sites excluding steroid dienone is 6. The van der Waals surface area contributed by atoms with Crippen LogP contribution in [0.2, 0.25) is 0 Å². The van der Waals surface area contributed by atoms with E-state index in [2.05, 4.69) is 146 Å². The highest BCUT2D eigenvalue weighted by Crippen LogP contribution is 2.55. The molecule has 4 atom stereocenters. The van der Waals surface area contributed by atoms with Gasteiger partial charge in [-0.05, 0) is 71.8 Å². The number of piperidine rings is 1. The van der Waals surface area contributed by atoms with Crippen molar-refractivity contribution in [3.63, 3.8) is 0 Å². The minimum Gasteiger partial charge on any atom is -0.457 e. The van der Waals surface area contributed by atoms with Crippen LogP contribution in [0.3, 0.4) is 0 Å². The maximum Gasteiger partial charge on any atom is 0.145 e. The largest absolute Gasteiger partial charge is 0.457 e. The average molecular weight is 641 g/mol. The molecule has 5 aromatic rings. The van der Waals surface area contributed by atoms with Crippen molar-refractivity contribution in [2.75, 3.05) is 11.4 Å². The Hall–Kier alpha value is -4.87. The molecule has 0 amide bonds. The number of benzene rings is 3. The highest BCUT2D eigenvalue weighted by atomic mass is 16.5. The minimum atomic E-state index is -0.0872. The molecule has 4 aliphatic heterocycles. The second kappa shape index (κ2) is 9.42. The lowest BCUT2D eigenvalue weighted by Gasteiger charge is -2.45. The van der Waals surface area contributed by atoms with Gasteiger partial charge in [-0.1, -0.05) is 94.5 Å². The van der Waals surface area contributed by atoms with Crippen LogP contribution in [0.5, 0.6) is 5.75 Å². The predicted octanol–water partition coefficient (Wildman–Crippen LogP) is 9.14. The fraction of sp³-hybridized carbons (Fsp3) is 0.295. The third kappa shape index (κ3) is 3.42. The van der Waals surface area contributed by atoms with Crippen molar-refractivity contribution < 1.29 is 4.74 Å². The topological polar surface area (TPSA) is 41.8 Å². The van der Waals surface area contributed by atoms with Gasteiger partial charge in [-0.25, -0.2) is 4.98 Å². The Kier molecular flexibility index (Phi) is 5.39. The molecule has 49 heavy (non-hydrogen) atoms. The number of hydrogen-bond acceptors (Lipinski definition) is 4. The van der Waals surface area contributed by atoms with E-state index in [9.17, 15) is 0 Å².